The SMILES string of the molecule is CCCCCc1cc(CCc2c(O)c(O)c3c(O)cccc3c2C=Cc2ccc(O)c(O)c2)ccc1CN[C@H]1CCO[C@@]2(CCCC[C@]23CC[C@@H](O)C3)C1. The molecule has 0 radical (unpaired) electrons. The molecular formula is C46H57NO7. The van der Waals surface area contributed by atoms with Crippen molar-refractivity contribution in [3.63, 3.8) is 0 Å². The number of benzene rings is 4. The molecule has 0 aromatic heterocycles. The Morgan fingerprint density at radius 1 is 0.778 bits per heavy atom. The highest BCUT2D eigenvalue weighted by Crippen LogP contribution is 2.59. The second-order valence-corrected chi connectivity index (χ2v) is 16.2. The van der Waals surface area contributed by atoms with E-state index in [4.69, 9.17) is 4.74 Å². The molecule has 1 saturated heterocycles. The number of hydrogen-bond donors (Lipinski definition) is 7. The van der Waals surface area contributed by atoms with Crippen molar-refractivity contribution in [2.24, 2.45) is 5.41 Å². The maximum absolute atomic E-state index is 11.4. The van der Waals surface area contributed by atoms with Crippen molar-refractivity contribution in [1.82, 2.24) is 5.32 Å². The molecule has 4 atom stereocenters. The van der Waals surface area contributed by atoms with Crippen LogP contribution in [0.1, 0.15) is 117 Å². The molecule has 1 aliphatic heterocycles. The molecule has 7 N–H and O–H groups in total. The van der Waals surface area contributed by atoms with Crippen LogP contribution in [-0.2, 0) is 30.5 Å². The standard InChI is InChI=1S/C46H57NO7/c1-2-3-4-8-32-25-30(11-15-33(32)29-47-34-20-24-54-46(27-34)22-6-5-21-45(46)23-19-35(48)28-45)13-17-38-36(16-12-31-14-18-39(49)41(51)26-31)37-9-7-10-40(50)42(37)44(53)43(38)52/h7,9-12,14-16,18,25-26,34-35,47-53H,2-6,8,13,17,19-24,27-29H2,1H3/t34-,35+,45+,46-/m0/s1. The van der Waals surface area contributed by atoms with Gasteiger partial charge in [-0.25, -0.2) is 0 Å². The fourth-order valence-electron chi connectivity index (χ4n) is 9.94. The molecule has 3 aliphatic rings. The number of aryl methyl sites for hydroxylation is 2. The molecule has 8 heteroatoms. The fourth-order valence-corrected chi connectivity index (χ4v) is 9.94. The molecule has 3 fully saturated rings. The third kappa shape index (κ3) is 7.66. The highest BCUT2D eigenvalue weighted by atomic mass is 16.5. The number of unbranched alkanes of at least 4 members (excludes halogenated alkanes) is 2. The van der Waals surface area contributed by atoms with E-state index in [0.29, 0.717) is 41.0 Å². The first-order chi connectivity index (χ1) is 26.1. The molecule has 8 nitrogen and oxygen atoms in total. The van der Waals surface area contributed by atoms with Crippen LogP contribution in [0.5, 0.6) is 28.7 Å². The Balaban J connectivity index is 1.12. The third-order valence-electron chi connectivity index (χ3n) is 12.9. The molecule has 2 saturated carbocycles. The summed E-state index contributed by atoms with van der Waals surface area (Å²) in [7, 11) is 0. The summed E-state index contributed by atoms with van der Waals surface area (Å²) in [5.74, 6) is -1.19. The van der Waals surface area contributed by atoms with Gasteiger partial charge in [0.1, 0.15) is 5.75 Å². The van der Waals surface area contributed by atoms with E-state index in [-0.39, 0.29) is 51.3 Å². The van der Waals surface area contributed by atoms with Gasteiger partial charge in [-0.15, -0.1) is 0 Å². The van der Waals surface area contributed by atoms with Gasteiger partial charge in [0.25, 0.3) is 0 Å². The van der Waals surface area contributed by atoms with Gasteiger partial charge in [0, 0.05) is 30.2 Å². The first-order valence-electron chi connectivity index (χ1n) is 20.2. The van der Waals surface area contributed by atoms with E-state index >= 15 is 0 Å². The summed E-state index contributed by atoms with van der Waals surface area (Å²) in [6, 6.07) is 16.7. The second-order valence-electron chi connectivity index (χ2n) is 16.2. The van der Waals surface area contributed by atoms with E-state index in [1.54, 1.807) is 18.2 Å². The van der Waals surface area contributed by atoms with Gasteiger partial charge in [-0.2, -0.15) is 0 Å². The normalized spacial score (nSPS) is 24.3. The maximum atomic E-state index is 11.4. The van der Waals surface area contributed by atoms with Crippen molar-refractivity contribution >= 4 is 22.9 Å². The van der Waals surface area contributed by atoms with Crippen LogP contribution in [0.25, 0.3) is 22.9 Å². The lowest BCUT2D eigenvalue weighted by Gasteiger charge is -2.55. The number of ether oxygens (including phenoxy) is 1. The van der Waals surface area contributed by atoms with E-state index in [9.17, 15) is 30.6 Å². The van der Waals surface area contributed by atoms with Crippen LogP contribution in [0.15, 0.2) is 54.6 Å². The lowest BCUT2D eigenvalue weighted by Crippen LogP contribution is -2.57. The molecular weight excluding hydrogens is 679 g/mol. The van der Waals surface area contributed by atoms with Crippen LogP contribution in [0.3, 0.4) is 0 Å². The Hall–Kier alpha value is -4.24. The predicted octanol–water partition coefficient (Wildman–Crippen LogP) is 9.17. The summed E-state index contributed by atoms with van der Waals surface area (Å²) in [4.78, 5) is 0. The molecule has 2 spiro atoms. The first-order valence-corrected chi connectivity index (χ1v) is 20.2. The van der Waals surface area contributed by atoms with Gasteiger partial charge in [0.15, 0.2) is 23.0 Å². The Morgan fingerprint density at radius 3 is 2.43 bits per heavy atom. The van der Waals surface area contributed by atoms with Crippen LogP contribution in [0, 0.1) is 5.41 Å². The first kappa shape index (κ1) is 38.1. The number of phenols is 5. The van der Waals surface area contributed by atoms with Crippen LogP contribution < -0.4 is 5.32 Å². The summed E-state index contributed by atoms with van der Waals surface area (Å²) in [5, 5.41) is 68.3. The molecule has 0 bridgehead atoms. The van der Waals surface area contributed by atoms with E-state index < -0.39 is 0 Å². The number of aliphatic hydroxyl groups is 1. The van der Waals surface area contributed by atoms with E-state index in [1.165, 1.54) is 55.0 Å². The molecule has 0 amide bonds. The minimum absolute atomic E-state index is 0.110. The fraction of sp³-hybridized carbons (Fsp3) is 0.478. The van der Waals surface area contributed by atoms with Crippen molar-refractivity contribution in [2.45, 2.75) is 128 Å². The minimum atomic E-state index is -0.350. The Labute approximate surface area is 319 Å². The molecule has 1 heterocycles. The average Bonchev–Trinajstić information content (AvgIpc) is 3.55. The van der Waals surface area contributed by atoms with Crippen LogP contribution in [0.2, 0.25) is 0 Å². The second kappa shape index (κ2) is 16.2. The van der Waals surface area contributed by atoms with Gasteiger partial charge in [-0.3, -0.25) is 0 Å². The summed E-state index contributed by atoms with van der Waals surface area (Å²) < 4.78 is 6.72. The number of nitrogens with one attached hydrogen (secondary N) is 1. The van der Waals surface area contributed by atoms with E-state index in [0.717, 1.165) is 76.5 Å². The third-order valence-corrected chi connectivity index (χ3v) is 12.9. The molecule has 288 valence electrons. The number of fused-ring (bicyclic) bond motifs is 2. The monoisotopic (exact) mass is 735 g/mol. The zero-order chi connectivity index (χ0) is 37.9. The maximum Gasteiger partial charge on any atom is 0.169 e. The summed E-state index contributed by atoms with van der Waals surface area (Å²) in [6.07, 6.45) is 18.4. The number of hydrogen-bond acceptors (Lipinski definition) is 8. The van der Waals surface area contributed by atoms with Crippen LogP contribution in [0.4, 0.5) is 0 Å². The molecule has 0 unspecified atom stereocenters. The zero-order valence-electron chi connectivity index (χ0n) is 31.6. The highest BCUT2D eigenvalue weighted by molar-refractivity contribution is 6.03. The van der Waals surface area contributed by atoms with Crippen LogP contribution in [-0.4, -0.2) is 55.0 Å². The summed E-state index contributed by atoms with van der Waals surface area (Å²) in [5.41, 5.74) is 5.64. The van der Waals surface area contributed by atoms with Crippen LogP contribution >= 0.6 is 0 Å². The van der Waals surface area contributed by atoms with E-state index in [2.05, 4.69) is 30.4 Å². The van der Waals surface area contributed by atoms with Gasteiger partial charge < -0.3 is 40.7 Å². The molecule has 4 aromatic rings. The summed E-state index contributed by atoms with van der Waals surface area (Å²) >= 11 is 0. The molecule has 54 heavy (non-hydrogen) atoms. The van der Waals surface area contributed by atoms with Gasteiger partial charge in [-0.1, -0.05) is 81.2 Å². The lowest BCUT2D eigenvalue weighted by molar-refractivity contribution is -0.188. The molecule has 4 aromatic carbocycles. The quantitative estimate of drug-likeness (QED) is 0.0434. The number of phenolic OH excluding ortho intramolecular Hbond substituents is 5. The lowest BCUT2D eigenvalue weighted by atomic mass is 9.59. The van der Waals surface area contributed by atoms with E-state index in [1.807, 2.05) is 12.1 Å². The average molecular weight is 736 g/mol. The minimum Gasteiger partial charge on any atom is -0.507 e. The van der Waals surface area contributed by atoms with Gasteiger partial charge in [0.05, 0.1) is 17.1 Å². The van der Waals surface area contributed by atoms with Gasteiger partial charge in [-0.05, 0) is 122 Å². The largest absolute Gasteiger partial charge is 0.507 e. The number of rotatable bonds is 12. The summed E-state index contributed by atoms with van der Waals surface area (Å²) in [6.45, 7) is 3.79. The molecule has 2 aliphatic carbocycles. The topological polar surface area (TPSA) is 143 Å². The number of aromatic hydroxyl groups is 5. The predicted molar refractivity (Wildman–Crippen MR) is 214 cm³/mol. The molecule has 7 rings (SSSR count). The smallest absolute Gasteiger partial charge is 0.169 e. The van der Waals surface area contributed by atoms with Crippen molar-refractivity contribution < 1.29 is 35.4 Å². The Bertz CT molecular complexity index is 1980. The van der Waals surface area contributed by atoms with Gasteiger partial charge in [0.2, 0.25) is 0 Å². The van der Waals surface area contributed by atoms with Crippen molar-refractivity contribution in [3.05, 3.63) is 88.0 Å². The number of aliphatic hydroxyl groups excluding tert-OH is 1. The Kier molecular flexibility index (Phi) is 11.4. The Morgan fingerprint density at radius 2 is 1.63 bits per heavy atom. The van der Waals surface area contributed by atoms with Gasteiger partial charge >= 0.3 is 0 Å². The highest BCUT2D eigenvalue weighted by Gasteiger charge is 2.57. The van der Waals surface area contributed by atoms with Crippen molar-refractivity contribution in [2.75, 3.05) is 6.61 Å². The zero-order valence-corrected chi connectivity index (χ0v) is 31.6. The van der Waals surface area contributed by atoms with Crippen molar-refractivity contribution in [1.29, 1.82) is 0 Å². The van der Waals surface area contributed by atoms with Crippen molar-refractivity contribution in [3.8, 4) is 28.7 Å².